The highest BCUT2D eigenvalue weighted by atomic mass is 16.5. The van der Waals surface area contributed by atoms with Crippen molar-refractivity contribution in [3.05, 3.63) is 42.0 Å². The molecule has 1 aliphatic rings. The maximum Gasteiger partial charge on any atom is 0.249 e. The number of anilines is 1. The summed E-state index contributed by atoms with van der Waals surface area (Å²) in [6.45, 7) is 9.28. The molecule has 1 aromatic heterocycles. The second-order valence-electron chi connectivity index (χ2n) is 8.61. The number of hydrogen-bond acceptors (Lipinski definition) is 6. The highest BCUT2D eigenvalue weighted by Crippen LogP contribution is 2.20. The molecule has 32 heavy (non-hydrogen) atoms. The van der Waals surface area contributed by atoms with E-state index in [9.17, 15) is 9.59 Å². The van der Waals surface area contributed by atoms with Crippen LogP contribution in [0.5, 0.6) is 0 Å². The van der Waals surface area contributed by atoms with Gasteiger partial charge in [-0.1, -0.05) is 43.7 Å². The quantitative estimate of drug-likeness (QED) is 0.628. The molecule has 0 bridgehead atoms. The summed E-state index contributed by atoms with van der Waals surface area (Å²) in [6.07, 6.45) is 0. The maximum absolute atomic E-state index is 12.8. The van der Waals surface area contributed by atoms with Crippen molar-refractivity contribution in [2.24, 2.45) is 5.92 Å². The topological polar surface area (TPSA) is 78.9 Å². The fourth-order valence-corrected chi connectivity index (χ4v) is 3.73. The predicted octanol–water partition coefficient (Wildman–Crippen LogP) is 2.23. The number of rotatable bonds is 8. The van der Waals surface area contributed by atoms with Gasteiger partial charge in [0.25, 0.3) is 0 Å². The fraction of sp³-hybridized carbons (Fsp3) is 0.500. The Morgan fingerprint density at radius 3 is 2.28 bits per heavy atom. The highest BCUT2D eigenvalue weighted by molar-refractivity contribution is 5.85. The summed E-state index contributed by atoms with van der Waals surface area (Å²) in [5.41, 5.74) is 3.09. The van der Waals surface area contributed by atoms with E-state index in [1.165, 1.54) is 12.7 Å². The molecule has 8 nitrogen and oxygen atoms in total. The van der Waals surface area contributed by atoms with E-state index < -0.39 is 0 Å². The Morgan fingerprint density at radius 1 is 1.03 bits per heavy atom. The summed E-state index contributed by atoms with van der Waals surface area (Å²) >= 11 is 0. The summed E-state index contributed by atoms with van der Waals surface area (Å²) in [4.78, 5) is 30.6. The number of aryl methyl sites for hydroxylation is 1. The largest absolute Gasteiger partial charge is 0.375 e. The first-order valence-electron chi connectivity index (χ1n) is 11.1. The van der Waals surface area contributed by atoms with Crippen LogP contribution in [-0.2, 0) is 14.3 Å². The second-order valence-corrected chi connectivity index (χ2v) is 8.61. The van der Waals surface area contributed by atoms with Gasteiger partial charge in [0.15, 0.2) is 5.82 Å². The number of carbonyl (C=O) groups excluding carboxylic acids is 2. The average Bonchev–Trinajstić information content (AvgIpc) is 2.79. The Balaban J connectivity index is 1.55. The minimum Gasteiger partial charge on any atom is -0.375 e. The van der Waals surface area contributed by atoms with E-state index in [0.29, 0.717) is 32.7 Å². The lowest BCUT2D eigenvalue weighted by Crippen LogP contribution is -2.52. The van der Waals surface area contributed by atoms with Crippen LogP contribution in [0.1, 0.15) is 19.4 Å². The van der Waals surface area contributed by atoms with E-state index >= 15 is 0 Å². The van der Waals surface area contributed by atoms with Crippen molar-refractivity contribution in [2.75, 3.05) is 57.9 Å². The third-order valence-corrected chi connectivity index (χ3v) is 5.49. The van der Waals surface area contributed by atoms with Gasteiger partial charge in [0.1, 0.15) is 6.61 Å². The first kappa shape index (κ1) is 23.7. The zero-order valence-electron chi connectivity index (χ0n) is 19.5. The highest BCUT2D eigenvalue weighted by Gasteiger charge is 2.25. The van der Waals surface area contributed by atoms with Crippen molar-refractivity contribution in [2.45, 2.75) is 20.8 Å². The average molecular weight is 440 g/mol. The third kappa shape index (κ3) is 6.26. The predicted molar refractivity (Wildman–Crippen MR) is 124 cm³/mol. The molecule has 1 saturated heterocycles. The van der Waals surface area contributed by atoms with Gasteiger partial charge in [-0.3, -0.25) is 9.59 Å². The van der Waals surface area contributed by atoms with Crippen molar-refractivity contribution < 1.29 is 14.3 Å². The molecule has 0 spiro atoms. The van der Waals surface area contributed by atoms with Crippen LogP contribution in [-0.4, -0.2) is 84.8 Å². The monoisotopic (exact) mass is 439 g/mol. The Bertz CT molecular complexity index is 891. The lowest BCUT2D eigenvalue weighted by Gasteiger charge is -2.36. The van der Waals surface area contributed by atoms with E-state index in [1.54, 1.807) is 4.90 Å². The van der Waals surface area contributed by atoms with Crippen LogP contribution in [0.3, 0.4) is 0 Å². The molecule has 2 aromatic rings. The standard InChI is InChI=1S/C24H33N5O3/c1-18(2)15-29(24(31)17-32-4)16-23(30)28-13-11-27(12-14-28)22-10-9-21(25-26-22)20-7-5-19(3)6-8-20/h5-10,18H,11-17H2,1-4H3. The van der Waals surface area contributed by atoms with Crippen LogP contribution in [0, 0.1) is 12.8 Å². The molecule has 0 radical (unpaired) electrons. The maximum atomic E-state index is 12.8. The number of aromatic nitrogens is 2. The minimum absolute atomic E-state index is 0.00890. The van der Waals surface area contributed by atoms with Gasteiger partial charge in [0.2, 0.25) is 11.8 Å². The number of nitrogens with zero attached hydrogens (tertiary/aromatic N) is 5. The number of piperazine rings is 1. The number of benzene rings is 1. The first-order valence-corrected chi connectivity index (χ1v) is 11.1. The van der Waals surface area contributed by atoms with Gasteiger partial charge in [-0.15, -0.1) is 10.2 Å². The number of amides is 2. The van der Waals surface area contributed by atoms with Crippen LogP contribution in [0.15, 0.2) is 36.4 Å². The molecule has 1 aromatic carbocycles. The Kier molecular flexibility index (Phi) is 8.16. The molecule has 0 aliphatic carbocycles. The zero-order chi connectivity index (χ0) is 23.1. The van der Waals surface area contributed by atoms with Crippen LogP contribution in [0.2, 0.25) is 0 Å². The van der Waals surface area contributed by atoms with Crippen LogP contribution < -0.4 is 4.90 Å². The summed E-state index contributed by atoms with van der Waals surface area (Å²) in [5, 5.41) is 8.78. The van der Waals surface area contributed by atoms with Crippen molar-refractivity contribution in [1.82, 2.24) is 20.0 Å². The van der Waals surface area contributed by atoms with Crippen LogP contribution in [0.4, 0.5) is 5.82 Å². The van der Waals surface area contributed by atoms with E-state index in [0.717, 1.165) is 17.1 Å². The molecular weight excluding hydrogens is 406 g/mol. The molecule has 0 saturated carbocycles. The SMILES string of the molecule is COCC(=O)N(CC(=O)N1CCN(c2ccc(-c3ccc(C)cc3)nn2)CC1)CC(C)C. The van der Waals surface area contributed by atoms with Gasteiger partial charge in [0, 0.05) is 45.4 Å². The molecule has 2 amide bonds. The van der Waals surface area contributed by atoms with Crippen LogP contribution in [0.25, 0.3) is 11.3 Å². The second kappa shape index (κ2) is 11.0. The molecule has 0 unspecified atom stereocenters. The third-order valence-electron chi connectivity index (χ3n) is 5.49. The minimum atomic E-state index is -0.155. The van der Waals surface area contributed by atoms with Gasteiger partial charge in [-0.2, -0.15) is 0 Å². The Labute approximate surface area is 190 Å². The van der Waals surface area contributed by atoms with Gasteiger partial charge >= 0.3 is 0 Å². The van der Waals surface area contributed by atoms with E-state index in [2.05, 4.69) is 34.2 Å². The summed E-state index contributed by atoms with van der Waals surface area (Å²) in [6, 6.07) is 12.2. The molecular formula is C24H33N5O3. The molecule has 2 heterocycles. The van der Waals surface area contributed by atoms with Crippen molar-refractivity contribution in [3.8, 4) is 11.3 Å². The molecule has 1 aliphatic heterocycles. The van der Waals surface area contributed by atoms with Gasteiger partial charge in [0.05, 0.1) is 12.2 Å². The Morgan fingerprint density at radius 2 is 1.72 bits per heavy atom. The smallest absolute Gasteiger partial charge is 0.249 e. The normalized spacial score (nSPS) is 14.0. The first-order chi connectivity index (χ1) is 15.4. The summed E-state index contributed by atoms with van der Waals surface area (Å²) < 4.78 is 4.96. The number of hydrogen-bond donors (Lipinski definition) is 0. The number of methoxy groups -OCH3 is 1. The van der Waals surface area contributed by atoms with Gasteiger partial charge < -0.3 is 19.4 Å². The molecule has 0 N–H and O–H groups in total. The van der Waals surface area contributed by atoms with E-state index in [1.807, 2.05) is 43.0 Å². The molecule has 172 valence electrons. The summed E-state index contributed by atoms with van der Waals surface area (Å²) in [7, 11) is 1.49. The molecule has 1 fully saturated rings. The molecule has 8 heteroatoms. The zero-order valence-corrected chi connectivity index (χ0v) is 19.5. The van der Waals surface area contributed by atoms with Gasteiger partial charge in [-0.05, 0) is 25.0 Å². The lowest BCUT2D eigenvalue weighted by atomic mass is 10.1. The van der Waals surface area contributed by atoms with Crippen molar-refractivity contribution >= 4 is 17.6 Å². The van der Waals surface area contributed by atoms with E-state index in [-0.39, 0.29) is 30.9 Å². The lowest BCUT2D eigenvalue weighted by molar-refractivity contribution is -0.143. The molecule has 3 rings (SSSR count). The van der Waals surface area contributed by atoms with Gasteiger partial charge in [-0.25, -0.2) is 0 Å². The van der Waals surface area contributed by atoms with Crippen molar-refractivity contribution in [3.63, 3.8) is 0 Å². The van der Waals surface area contributed by atoms with E-state index in [4.69, 9.17) is 4.74 Å². The number of ether oxygens (including phenoxy) is 1. The Hall–Kier alpha value is -3.00. The van der Waals surface area contributed by atoms with Crippen LogP contribution >= 0.6 is 0 Å². The summed E-state index contributed by atoms with van der Waals surface area (Å²) in [5.74, 6) is 0.902. The van der Waals surface area contributed by atoms with Crippen molar-refractivity contribution in [1.29, 1.82) is 0 Å². The number of carbonyl (C=O) groups is 2. The fourth-order valence-electron chi connectivity index (χ4n) is 3.73. The molecule has 0 atom stereocenters.